The summed E-state index contributed by atoms with van der Waals surface area (Å²) in [5.74, 6) is 0. The molecule has 2 heterocycles. The van der Waals surface area contributed by atoms with E-state index in [9.17, 15) is 4.79 Å². The molecule has 1 fully saturated rings. The fourth-order valence-electron chi connectivity index (χ4n) is 0.974. The number of nitrogens with zero attached hydrogens (tertiary/aromatic N) is 1. The SMILES string of the molecule is O=c1sccn1CCC1CO1. The third-order valence-corrected chi connectivity index (χ3v) is 2.43. The lowest BCUT2D eigenvalue weighted by Gasteiger charge is -1.95. The van der Waals surface area contributed by atoms with E-state index in [2.05, 4.69) is 0 Å². The second kappa shape index (κ2) is 2.79. The maximum absolute atomic E-state index is 11.0. The predicted octanol–water partition coefficient (Wildman–Crippen LogP) is 0.699. The number of hydrogen-bond acceptors (Lipinski definition) is 3. The Labute approximate surface area is 68.2 Å². The van der Waals surface area contributed by atoms with Crippen molar-refractivity contribution in [3.63, 3.8) is 0 Å². The van der Waals surface area contributed by atoms with Crippen molar-refractivity contribution in [2.45, 2.75) is 19.1 Å². The Hall–Kier alpha value is -0.610. The molecule has 1 aliphatic heterocycles. The molecule has 1 saturated heterocycles. The average Bonchev–Trinajstić information content (AvgIpc) is 2.73. The first-order valence-electron chi connectivity index (χ1n) is 3.62. The topological polar surface area (TPSA) is 34.5 Å². The molecule has 0 bridgehead atoms. The molecule has 0 saturated carbocycles. The maximum Gasteiger partial charge on any atom is 0.307 e. The number of thiazole rings is 1. The van der Waals surface area contributed by atoms with Crippen molar-refractivity contribution >= 4 is 11.3 Å². The van der Waals surface area contributed by atoms with Crippen LogP contribution in [0.2, 0.25) is 0 Å². The van der Waals surface area contributed by atoms with Crippen LogP contribution in [0.25, 0.3) is 0 Å². The van der Waals surface area contributed by atoms with Gasteiger partial charge < -0.3 is 9.30 Å². The molecule has 0 N–H and O–H groups in total. The summed E-state index contributed by atoms with van der Waals surface area (Å²) in [5.41, 5.74) is 0. The van der Waals surface area contributed by atoms with Crippen LogP contribution in [-0.4, -0.2) is 17.3 Å². The highest BCUT2D eigenvalue weighted by Gasteiger charge is 2.21. The third-order valence-electron chi connectivity index (χ3n) is 1.74. The van der Waals surface area contributed by atoms with Gasteiger partial charge in [0.25, 0.3) is 0 Å². The van der Waals surface area contributed by atoms with E-state index in [-0.39, 0.29) is 4.87 Å². The van der Waals surface area contributed by atoms with Gasteiger partial charge in [0, 0.05) is 18.1 Å². The van der Waals surface area contributed by atoms with Crippen molar-refractivity contribution in [3.8, 4) is 0 Å². The molecule has 1 aliphatic rings. The van der Waals surface area contributed by atoms with Gasteiger partial charge in [-0.2, -0.15) is 0 Å². The van der Waals surface area contributed by atoms with Crippen molar-refractivity contribution in [1.29, 1.82) is 0 Å². The fourth-order valence-corrected chi connectivity index (χ4v) is 1.59. The first-order valence-corrected chi connectivity index (χ1v) is 4.50. The van der Waals surface area contributed by atoms with Crippen molar-refractivity contribution in [2.24, 2.45) is 0 Å². The lowest BCUT2D eigenvalue weighted by Crippen LogP contribution is -2.12. The van der Waals surface area contributed by atoms with Gasteiger partial charge in [-0.05, 0) is 6.42 Å². The quantitative estimate of drug-likeness (QED) is 0.627. The fraction of sp³-hybridized carbons (Fsp3) is 0.571. The average molecular weight is 171 g/mol. The number of aromatic nitrogens is 1. The molecule has 0 amide bonds. The van der Waals surface area contributed by atoms with Crippen molar-refractivity contribution in [1.82, 2.24) is 4.57 Å². The summed E-state index contributed by atoms with van der Waals surface area (Å²) in [5, 5.41) is 1.82. The minimum absolute atomic E-state index is 0.130. The predicted molar refractivity (Wildman–Crippen MR) is 42.9 cm³/mol. The number of hydrogen-bond donors (Lipinski definition) is 0. The molecule has 4 heteroatoms. The van der Waals surface area contributed by atoms with Crippen LogP contribution in [0.1, 0.15) is 6.42 Å². The Morgan fingerprint density at radius 1 is 1.82 bits per heavy atom. The molecular formula is C7H9NO2S. The molecular weight excluding hydrogens is 162 g/mol. The molecule has 1 aromatic rings. The summed E-state index contributed by atoms with van der Waals surface area (Å²) >= 11 is 1.24. The Balaban J connectivity index is 1.94. The highest BCUT2D eigenvalue weighted by Crippen LogP contribution is 2.13. The maximum atomic E-state index is 11.0. The standard InChI is InChI=1S/C7H9NO2S/c9-7-8(3-4-11-7)2-1-6-5-10-6/h3-4,6H,1-2,5H2. The molecule has 1 atom stereocenters. The normalized spacial score (nSPS) is 22.0. The second-order valence-electron chi connectivity index (χ2n) is 2.61. The van der Waals surface area contributed by atoms with E-state index in [1.54, 1.807) is 4.57 Å². The highest BCUT2D eigenvalue weighted by atomic mass is 32.1. The van der Waals surface area contributed by atoms with Crippen LogP contribution in [0.3, 0.4) is 0 Å². The zero-order valence-corrected chi connectivity index (χ0v) is 6.84. The summed E-state index contributed by atoms with van der Waals surface area (Å²) in [6.07, 6.45) is 3.22. The van der Waals surface area contributed by atoms with Crippen LogP contribution in [0.4, 0.5) is 0 Å². The van der Waals surface area contributed by atoms with E-state index >= 15 is 0 Å². The van der Waals surface area contributed by atoms with E-state index in [0.29, 0.717) is 6.10 Å². The summed E-state index contributed by atoms with van der Waals surface area (Å²) < 4.78 is 6.76. The first kappa shape index (κ1) is 7.06. The largest absolute Gasteiger partial charge is 0.373 e. The van der Waals surface area contributed by atoms with Crippen LogP contribution in [0, 0.1) is 0 Å². The molecule has 2 rings (SSSR count). The Morgan fingerprint density at radius 3 is 3.18 bits per heavy atom. The first-order chi connectivity index (χ1) is 5.36. The lowest BCUT2D eigenvalue weighted by molar-refractivity contribution is 0.384. The number of ether oxygens (including phenoxy) is 1. The minimum Gasteiger partial charge on any atom is -0.373 e. The minimum atomic E-state index is 0.130. The van der Waals surface area contributed by atoms with Crippen LogP contribution in [0.15, 0.2) is 16.4 Å². The Kier molecular flexibility index (Phi) is 1.79. The summed E-state index contributed by atoms with van der Waals surface area (Å²) in [4.78, 5) is 11.1. The Bertz CT molecular complexity index is 287. The van der Waals surface area contributed by atoms with Gasteiger partial charge in [0.1, 0.15) is 0 Å². The van der Waals surface area contributed by atoms with Gasteiger partial charge >= 0.3 is 4.87 Å². The molecule has 11 heavy (non-hydrogen) atoms. The third kappa shape index (κ3) is 1.70. The van der Waals surface area contributed by atoms with E-state index in [0.717, 1.165) is 19.6 Å². The van der Waals surface area contributed by atoms with E-state index < -0.39 is 0 Å². The van der Waals surface area contributed by atoms with Gasteiger partial charge in [0.05, 0.1) is 12.7 Å². The number of epoxide rings is 1. The van der Waals surface area contributed by atoms with E-state index in [1.807, 2.05) is 11.6 Å². The molecule has 1 aromatic heterocycles. The highest BCUT2D eigenvalue weighted by molar-refractivity contribution is 7.07. The summed E-state index contributed by atoms with van der Waals surface area (Å²) in [7, 11) is 0. The molecule has 0 aliphatic carbocycles. The van der Waals surface area contributed by atoms with Crippen LogP contribution in [0.5, 0.6) is 0 Å². The summed E-state index contributed by atoms with van der Waals surface area (Å²) in [6.45, 7) is 1.67. The van der Waals surface area contributed by atoms with Crippen molar-refractivity contribution in [2.75, 3.05) is 6.61 Å². The molecule has 0 aromatic carbocycles. The van der Waals surface area contributed by atoms with E-state index in [4.69, 9.17) is 4.74 Å². The van der Waals surface area contributed by atoms with Gasteiger partial charge in [0.15, 0.2) is 0 Å². The van der Waals surface area contributed by atoms with E-state index in [1.165, 1.54) is 11.3 Å². The lowest BCUT2D eigenvalue weighted by atomic mass is 10.3. The van der Waals surface area contributed by atoms with Crippen molar-refractivity contribution < 1.29 is 4.74 Å². The van der Waals surface area contributed by atoms with Gasteiger partial charge in [-0.3, -0.25) is 4.79 Å². The van der Waals surface area contributed by atoms with Gasteiger partial charge in [-0.25, -0.2) is 0 Å². The number of aryl methyl sites for hydroxylation is 1. The second-order valence-corrected chi connectivity index (χ2v) is 3.46. The van der Waals surface area contributed by atoms with Gasteiger partial charge in [0.2, 0.25) is 0 Å². The Morgan fingerprint density at radius 2 is 2.64 bits per heavy atom. The van der Waals surface area contributed by atoms with Gasteiger partial charge in [-0.1, -0.05) is 11.3 Å². The van der Waals surface area contributed by atoms with Crippen molar-refractivity contribution in [3.05, 3.63) is 21.2 Å². The number of rotatable bonds is 3. The molecule has 60 valence electrons. The zero-order chi connectivity index (χ0) is 7.68. The van der Waals surface area contributed by atoms with Crippen LogP contribution < -0.4 is 4.87 Å². The zero-order valence-electron chi connectivity index (χ0n) is 6.03. The molecule has 3 nitrogen and oxygen atoms in total. The smallest absolute Gasteiger partial charge is 0.307 e. The molecule has 1 unspecified atom stereocenters. The molecule has 0 radical (unpaired) electrons. The van der Waals surface area contributed by atoms with Crippen LogP contribution in [-0.2, 0) is 11.3 Å². The molecule has 0 spiro atoms. The van der Waals surface area contributed by atoms with Crippen LogP contribution >= 0.6 is 11.3 Å². The monoisotopic (exact) mass is 171 g/mol. The van der Waals surface area contributed by atoms with Gasteiger partial charge in [-0.15, -0.1) is 0 Å². The summed E-state index contributed by atoms with van der Waals surface area (Å²) in [6, 6.07) is 0.